The van der Waals surface area contributed by atoms with E-state index in [1.807, 2.05) is 26.0 Å². The minimum absolute atomic E-state index is 0.0596. The summed E-state index contributed by atoms with van der Waals surface area (Å²) in [6.45, 7) is 9.88. The number of carbonyl (C=O) groups excluding carboxylic acids is 1. The third-order valence-corrected chi connectivity index (χ3v) is 3.41. The molecule has 0 aliphatic carbocycles. The normalized spacial score (nSPS) is 13.9. The van der Waals surface area contributed by atoms with Gasteiger partial charge >= 0.3 is 0 Å². The number of hydrogen-bond acceptors (Lipinski definition) is 3. The maximum Gasteiger partial charge on any atom is 0.260 e. The summed E-state index contributed by atoms with van der Waals surface area (Å²) in [6, 6.07) is 6.01. The highest BCUT2D eigenvalue weighted by Gasteiger charge is 2.19. The summed E-state index contributed by atoms with van der Waals surface area (Å²) in [5, 5.41) is 11.7. The number of carbonyl (C=O) groups is 1. The second-order valence-electron chi connectivity index (χ2n) is 5.88. The van der Waals surface area contributed by atoms with Gasteiger partial charge in [-0.2, -0.15) is 0 Å². The SMILES string of the molecule is Cc1ccc(C(C)C)c(OC(C)C(=O)NC(C)CCO)c1. The smallest absolute Gasteiger partial charge is 0.260 e. The molecular formula is C17H27NO3. The molecule has 0 fully saturated rings. The molecule has 0 aliphatic rings. The van der Waals surface area contributed by atoms with Crippen LogP contribution in [0.4, 0.5) is 0 Å². The third kappa shape index (κ3) is 5.38. The van der Waals surface area contributed by atoms with Gasteiger partial charge in [-0.3, -0.25) is 4.79 Å². The summed E-state index contributed by atoms with van der Waals surface area (Å²) in [7, 11) is 0. The van der Waals surface area contributed by atoms with Gasteiger partial charge in [0, 0.05) is 12.6 Å². The first-order valence-electron chi connectivity index (χ1n) is 7.53. The molecule has 4 heteroatoms. The molecule has 0 heterocycles. The van der Waals surface area contributed by atoms with Gasteiger partial charge in [0.05, 0.1) is 0 Å². The van der Waals surface area contributed by atoms with Crippen LogP contribution >= 0.6 is 0 Å². The largest absolute Gasteiger partial charge is 0.481 e. The maximum atomic E-state index is 12.1. The van der Waals surface area contributed by atoms with Crippen LogP contribution in [0, 0.1) is 6.92 Å². The summed E-state index contributed by atoms with van der Waals surface area (Å²) < 4.78 is 5.85. The molecule has 1 aromatic carbocycles. The Hall–Kier alpha value is -1.55. The highest BCUT2D eigenvalue weighted by atomic mass is 16.5. The van der Waals surface area contributed by atoms with Crippen LogP contribution in [-0.4, -0.2) is 29.8 Å². The van der Waals surface area contributed by atoms with Crippen LogP contribution in [0.2, 0.25) is 0 Å². The third-order valence-electron chi connectivity index (χ3n) is 3.41. The molecule has 2 unspecified atom stereocenters. The molecule has 2 atom stereocenters. The molecule has 0 aliphatic heterocycles. The number of nitrogens with one attached hydrogen (secondary N) is 1. The van der Waals surface area contributed by atoms with E-state index in [0.717, 1.165) is 16.9 Å². The van der Waals surface area contributed by atoms with E-state index in [9.17, 15) is 4.79 Å². The first-order valence-corrected chi connectivity index (χ1v) is 7.53. The van der Waals surface area contributed by atoms with Crippen molar-refractivity contribution in [3.8, 4) is 5.75 Å². The van der Waals surface area contributed by atoms with Crippen LogP contribution in [0.1, 0.15) is 51.2 Å². The zero-order chi connectivity index (χ0) is 16.0. The lowest BCUT2D eigenvalue weighted by atomic mass is 10.0. The van der Waals surface area contributed by atoms with E-state index < -0.39 is 6.10 Å². The van der Waals surface area contributed by atoms with Crippen molar-refractivity contribution < 1.29 is 14.6 Å². The van der Waals surface area contributed by atoms with Crippen molar-refractivity contribution in [1.29, 1.82) is 0 Å². The molecule has 1 amide bonds. The van der Waals surface area contributed by atoms with E-state index in [4.69, 9.17) is 9.84 Å². The van der Waals surface area contributed by atoms with E-state index in [1.165, 1.54) is 0 Å². The fourth-order valence-corrected chi connectivity index (χ4v) is 2.09. The Bertz CT molecular complexity index is 471. The number of aliphatic hydroxyl groups excluding tert-OH is 1. The van der Waals surface area contributed by atoms with Gasteiger partial charge in [0.1, 0.15) is 5.75 Å². The van der Waals surface area contributed by atoms with Gasteiger partial charge in [-0.05, 0) is 50.3 Å². The Morgan fingerprint density at radius 2 is 1.95 bits per heavy atom. The number of hydrogen-bond donors (Lipinski definition) is 2. The number of rotatable bonds is 7. The lowest BCUT2D eigenvalue weighted by Gasteiger charge is -2.21. The Morgan fingerprint density at radius 1 is 1.29 bits per heavy atom. The number of aryl methyl sites for hydroxylation is 1. The van der Waals surface area contributed by atoms with E-state index in [0.29, 0.717) is 12.3 Å². The van der Waals surface area contributed by atoms with Crippen molar-refractivity contribution in [3.63, 3.8) is 0 Å². The second-order valence-corrected chi connectivity index (χ2v) is 5.88. The van der Waals surface area contributed by atoms with Crippen molar-refractivity contribution >= 4 is 5.91 Å². The minimum Gasteiger partial charge on any atom is -0.481 e. The van der Waals surface area contributed by atoms with Crippen LogP contribution in [0.3, 0.4) is 0 Å². The first kappa shape index (κ1) is 17.5. The Labute approximate surface area is 127 Å². The van der Waals surface area contributed by atoms with Crippen LogP contribution in [0.25, 0.3) is 0 Å². The van der Waals surface area contributed by atoms with Crippen LogP contribution < -0.4 is 10.1 Å². The molecule has 0 saturated carbocycles. The Kier molecular flexibility index (Phi) is 6.69. The van der Waals surface area contributed by atoms with E-state index in [1.54, 1.807) is 6.92 Å². The molecule has 1 rings (SSSR count). The van der Waals surface area contributed by atoms with E-state index in [-0.39, 0.29) is 18.6 Å². The van der Waals surface area contributed by atoms with Gasteiger partial charge in [0.2, 0.25) is 0 Å². The van der Waals surface area contributed by atoms with Gasteiger partial charge in [0.25, 0.3) is 5.91 Å². The van der Waals surface area contributed by atoms with E-state index in [2.05, 4.69) is 25.2 Å². The monoisotopic (exact) mass is 293 g/mol. The zero-order valence-corrected chi connectivity index (χ0v) is 13.6. The van der Waals surface area contributed by atoms with Crippen LogP contribution in [0.5, 0.6) is 5.75 Å². The molecule has 1 aromatic rings. The highest BCUT2D eigenvalue weighted by molar-refractivity contribution is 5.81. The van der Waals surface area contributed by atoms with Gasteiger partial charge in [0.15, 0.2) is 6.10 Å². The van der Waals surface area contributed by atoms with Crippen molar-refractivity contribution in [2.75, 3.05) is 6.61 Å². The predicted octanol–water partition coefficient (Wildman–Crippen LogP) is 2.77. The summed E-state index contributed by atoms with van der Waals surface area (Å²) in [6.07, 6.45) is -0.0226. The zero-order valence-electron chi connectivity index (χ0n) is 13.6. The molecule has 2 N–H and O–H groups in total. The minimum atomic E-state index is -0.564. The second kappa shape index (κ2) is 8.03. The molecule has 0 radical (unpaired) electrons. The topological polar surface area (TPSA) is 58.6 Å². The van der Waals surface area contributed by atoms with Crippen molar-refractivity contribution in [2.45, 2.75) is 59.1 Å². The average Bonchev–Trinajstić information content (AvgIpc) is 2.38. The number of ether oxygens (including phenoxy) is 1. The molecule has 4 nitrogen and oxygen atoms in total. The number of amides is 1. The fourth-order valence-electron chi connectivity index (χ4n) is 2.09. The van der Waals surface area contributed by atoms with Crippen molar-refractivity contribution in [2.24, 2.45) is 0 Å². The Balaban J connectivity index is 2.76. The van der Waals surface area contributed by atoms with Gasteiger partial charge < -0.3 is 15.2 Å². The lowest BCUT2D eigenvalue weighted by molar-refractivity contribution is -0.128. The summed E-state index contributed by atoms with van der Waals surface area (Å²) in [5.74, 6) is 0.943. The van der Waals surface area contributed by atoms with Gasteiger partial charge in [-0.25, -0.2) is 0 Å². The quantitative estimate of drug-likeness (QED) is 0.812. The first-order chi connectivity index (χ1) is 9.85. The molecule has 21 heavy (non-hydrogen) atoms. The molecule has 0 saturated heterocycles. The van der Waals surface area contributed by atoms with Crippen LogP contribution in [-0.2, 0) is 4.79 Å². The summed E-state index contributed by atoms with van der Waals surface area (Å²) >= 11 is 0. The van der Waals surface area contributed by atoms with Crippen LogP contribution in [0.15, 0.2) is 18.2 Å². The Morgan fingerprint density at radius 3 is 2.52 bits per heavy atom. The van der Waals surface area contributed by atoms with Gasteiger partial charge in [-0.15, -0.1) is 0 Å². The average molecular weight is 293 g/mol. The standard InChI is InChI=1S/C17H27NO3/c1-11(2)15-7-6-12(3)10-16(15)21-14(5)17(20)18-13(4)8-9-19/h6-7,10-11,13-14,19H,8-9H2,1-5H3,(H,18,20). The van der Waals surface area contributed by atoms with Crippen molar-refractivity contribution in [3.05, 3.63) is 29.3 Å². The molecule has 0 bridgehead atoms. The summed E-state index contributed by atoms with van der Waals surface area (Å²) in [4.78, 5) is 12.1. The fraction of sp³-hybridized carbons (Fsp3) is 0.588. The maximum absolute atomic E-state index is 12.1. The predicted molar refractivity (Wildman–Crippen MR) is 84.7 cm³/mol. The van der Waals surface area contributed by atoms with Gasteiger partial charge in [-0.1, -0.05) is 26.0 Å². The highest BCUT2D eigenvalue weighted by Crippen LogP contribution is 2.28. The number of benzene rings is 1. The molecule has 118 valence electrons. The van der Waals surface area contributed by atoms with Crippen molar-refractivity contribution in [1.82, 2.24) is 5.32 Å². The summed E-state index contributed by atoms with van der Waals surface area (Å²) in [5.41, 5.74) is 2.21. The molecule has 0 spiro atoms. The molecular weight excluding hydrogens is 266 g/mol. The molecule has 0 aromatic heterocycles. The lowest BCUT2D eigenvalue weighted by Crippen LogP contribution is -2.41. The van der Waals surface area contributed by atoms with E-state index >= 15 is 0 Å². The number of aliphatic hydroxyl groups is 1.